The van der Waals surface area contributed by atoms with Gasteiger partial charge in [0.2, 0.25) is 0 Å². The molecular formula is C20H41K2O6P. The van der Waals surface area contributed by atoms with Gasteiger partial charge >= 0.3 is 103 Å². The summed E-state index contributed by atoms with van der Waals surface area (Å²) in [4.78, 5) is 25.9. The number of hydrogen-bond donors (Lipinski definition) is 0. The molecule has 0 saturated heterocycles. The summed E-state index contributed by atoms with van der Waals surface area (Å²) in [5.74, 6) is 0. The van der Waals surface area contributed by atoms with Gasteiger partial charge in [-0.3, -0.25) is 0 Å². The Bertz CT molecular complexity index is 358. The van der Waals surface area contributed by atoms with Crippen molar-refractivity contribution in [3.63, 3.8) is 0 Å². The molecular weight excluding hydrogens is 445 g/mol. The van der Waals surface area contributed by atoms with E-state index in [2.05, 4.69) is 18.5 Å². The van der Waals surface area contributed by atoms with Crippen molar-refractivity contribution in [2.45, 2.75) is 123 Å². The first-order valence-electron chi connectivity index (χ1n) is 11.0. The van der Waals surface area contributed by atoms with Gasteiger partial charge in [0.15, 0.2) is 6.29 Å². The average Bonchev–Trinajstić information content (AvgIpc) is 2.62. The molecule has 1 unspecified atom stereocenters. The third-order valence-electron chi connectivity index (χ3n) is 4.59. The molecule has 164 valence electrons. The molecule has 0 aliphatic heterocycles. The van der Waals surface area contributed by atoms with Crippen LogP contribution >= 0.6 is 7.82 Å². The van der Waals surface area contributed by atoms with Gasteiger partial charge in [0.25, 0.3) is 0 Å². The van der Waals surface area contributed by atoms with E-state index in [-0.39, 0.29) is 103 Å². The summed E-state index contributed by atoms with van der Waals surface area (Å²) in [5.41, 5.74) is 0. The Morgan fingerprint density at radius 3 is 1.55 bits per heavy atom. The summed E-state index contributed by atoms with van der Waals surface area (Å²) in [6, 6.07) is 0. The van der Waals surface area contributed by atoms with Crippen molar-refractivity contribution in [3.05, 3.63) is 0 Å². The summed E-state index contributed by atoms with van der Waals surface area (Å²) in [6.07, 6.45) is 17.3. The zero-order valence-corrected chi connectivity index (χ0v) is 26.6. The van der Waals surface area contributed by atoms with Crippen LogP contribution in [0.2, 0.25) is 0 Å². The van der Waals surface area contributed by atoms with Gasteiger partial charge < -0.3 is 19.1 Å². The minimum Gasteiger partial charge on any atom is -0.788 e. The summed E-state index contributed by atoms with van der Waals surface area (Å²) < 4.78 is 20.1. The molecule has 0 aromatic carbocycles. The van der Waals surface area contributed by atoms with Crippen molar-refractivity contribution in [2.75, 3.05) is 6.61 Å². The fourth-order valence-electron chi connectivity index (χ4n) is 2.98. The van der Waals surface area contributed by atoms with Gasteiger partial charge in [0, 0.05) is 13.0 Å². The van der Waals surface area contributed by atoms with E-state index in [1.165, 1.54) is 64.2 Å². The number of rotatable bonds is 21. The second-order valence-electron chi connectivity index (χ2n) is 7.30. The largest absolute Gasteiger partial charge is 1.00 e. The predicted molar refractivity (Wildman–Crippen MR) is 105 cm³/mol. The summed E-state index contributed by atoms with van der Waals surface area (Å²) in [6.45, 7) is 4.89. The molecule has 0 heterocycles. The van der Waals surface area contributed by atoms with Crippen LogP contribution in [-0.2, 0) is 18.9 Å². The first-order valence-corrected chi connectivity index (χ1v) is 12.4. The van der Waals surface area contributed by atoms with Crippen molar-refractivity contribution >= 4 is 7.82 Å². The van der Waals surface area contributed by atoms with Gasteiger partial charge in [0.05, 0.1) is 0 Å². The fraction of sp³-hybridized carbons (Fsp3) is 1.00. The third kappa shape index (κ3) is 31.3. The molecule has 0 spiro atoms. The van der Waals surface area contributed by atoms with Crippen LogP contribution in [0.1, 0.15) is 117 Å². The molecule has 0 saturated carbocycles. The first kappa shape index (κ1) is 36.9. The van der Waals surface area contributed by atoms with Crippen LogP contribution in [0, 0.1) is 0 Å². The standard InChI is InChI=1S/C20H43O6P.2K/c1-3-5-7-9-11-12-13-14-16-18-20(25-26-27(21,22)23)24-19-17-15-10-8-6-4-2;;/h20H,3-19H2,1-2H3,(H2,21,22,23);;/q;2*+1/p-2. The molecule has 0 aliphatic rings. The van der Waals surface area contributed by atoms with Gasteiger partial charge in [-0.1, -0.05) is 97.3 Å². The first-order chi connectivity index (χ1) is 13.0. The van der Waals surface area contributed by atoms with E-state index in [9.17, 15) is 14.4 Å². The molecule has 6 nitrogen and oxygen atoms in total. The molecule has 0 N–H and O–H groups in total. The van der Waals surface area contributed by atoms with Crippen molar-refractivity contribution in [3.8, 4) is 0 Å². The van der Waals surface area contributed by atoms with Gasteiger partial charge in [-0.2, -0.15) is 0 Å². The fourth-order valence-corrected chi connectivity index (χ4v) is 3.18. The number of unbranched alkanes of at least 4 members (excludes halogenated alkanes) is 13. The van der Waals surface area contributed by atoms with Crippen molar-refractivity contribution < 1.29 is 131 Å². The maximum Gasteiger partial charge on any atom is 1.00 e. The smallest absolute Gasteiger partial charge is 0.788 e. The van der Waals surface area contributed by atoms with E-state index in [4.69, 9.17) is 9.62 Å². The van der Waals surface area contributed by atoms with Gasteiger partial charge in [-0.15, -0.1) is 0 Å². The van der Waals surface area contributed by atoms with Gasteiger partial charge in [-0.25, -0.2) is 9.56 Å². The Hall–Kier alpha value is 3.30. The third-order valence-corrected chi connectivity index (χ3v) is 4.86. The number of ether oxygens (including phenoxy) is 1. The summed E-state index contributed by atoms with van der Waals surface area (Å²) in [7, 11) is -5.14. The van der Waals surface area contributed by atoms with Crippen LogP contribution in [0.4, 0.5) is 0 Å². The molecule has 0 radical (unpaired) electrons. The van der Waals surface area contributed by atoms with Gasteiger partial charge in [-0.05, 0) is 12.8 Å². The molecule has 9 heteroatoms. The molecule has 1 atom stereocenters. The second-order valence-corrected chi connectivity index (χ2v) is 8.35. The maximum atomic E-state index is 10.6. The second kappa shape index (κ2) is 27.5. The Morgan fingerprint density at radius 1 is 0.690 bits per heavy atom. The molecule has 29 heavy (non-hydrogen) atoms. The van der Waals surface area contributed by atoms with E-state index in [1.807, 2.05) is 0 Å². The van der Waals surface area contributed by atoms with Crippen LogP contribution in [0.25, 0.3) is 0 Å². The average molecular weight is 487 g/mol. The molecule has 0 aromatic heterocycles. The predicted octanol–water partition coefficient (Wildman–Crippen LogP) is -0.605. The zero-order valence-electron chi connectivity index (χ0n) is 19.5. The normalized spacial score (nSPS) is 12.3. The Balaban J connectivity index is -0.00000338. The Kier molecular flexibility index (Phi) is 35.0. The van der Waals surface area contributed by atoms with Crippen LogP contribution in [0.5, 0.6) is 0 Å². The number of phosphoric acid groups is 1. The number of hydrogen-bond acceptors (Lipinski definition) is 6. The van der Waals surface area contributed by atoms with Crippen molar-refractivity contribution in [1.82, 2.24) is 0 Å². The molecule has 0 rings (SSSR count). The minimum atomic E-state index is -5.14. The zero-order chi connectivity index (χ0) is 20.2. The van der Waals surface area contributed by atoms with E-state index in [0.717, 1.165) is 32.1 Å². The summed E-state index contributed by atoms with van der Waals surface area (Å²) in [5, 5.41) is 0. The van der Waals surface area contributed by atoms with Crippen LogP contribution in [0.3, 0.4) is 0 Å². The van der Waals surface area contributed by atoms with E-state index >= 15 is 0 Å². The topological polar surface area (TPSA) is 90.9 Å². The van der Waals surface area contributed by atoms with E-state index in [1.54, 1.807) is 0 Å². The van der Waals surface area contributed by atoms with Gasteiger partial charge in [0.1, 0.15) is 7.82 Å². The van der Waals surface area contributed by atoms with E-state index in [0.29, 0.717) is 13.0 Å². The molecule has 0 amide bonds. The maximum absolute atomic E-state index is 10.6. The molecule has 0 aromatic rings. The molecule has 0 fully saturated rings. The van der Waals surface area contributed by atoms with Crippen LogP contribution in [0.15, 0.2) is 0 Å². The van der Waals surface area contributed by atoms with Crippen LogP contribution in [-0.4, -0.2) is 12.9 Å². The van der Waals surface area contributed by atoms with Crippen LogP contribution < -0.4 is 113 Å². The van der Waals surface area contributed by atoms with Crippen molar-refractivity contribution in [2.24, 2.45) is 0 Å². The SMILES string of the molecule is CCCCCCCCCCCC(OCCCCCCCC)OOP(=O)([O-])[O-].[K+].[K+]. The Labute approximate surface area is 264 Å². The van der Waals surface area contributed by atoms with Crippen molar-refractivity contribution in [1.29, 1.82) is 0 Å². The quantitative estimate of drug-likeness (QED) is 0.0537. The Morgan fingerprint density at radius 2 is 1.10 bits per heavy atom. The monoisotopic (exact) mass is 486 g/mol. The minimum absolute atomic E-state index is 0. The summed E-state index contributed by atoms with van der Waals surface area (Å²) >= 11 is 0. The molecule has 0 aliphatic carbocycles. The van der Waals surface area contributed by atoms with E-state index < -0.39 is 14.1 Å². The molecule has 0 bridgehead atoms.